The average molecular weight is 457 g/mol. The molecule has 178 valence electrons. The van der Waals surface area contributed by atoms with Crippen molar-refractivity contribution >= 4 is 35.1 Å². The molecule has 3 N–H and O–H groups in total. The van der Waals surface area contributed by atoms with Crippen LogP contribution in [0.3, 0.4) is 0 Å². The number of amides is 2. The van der Waals surface area contributed by atoms with E-state index in [4.69, 9.17) is 5.11 Å². The zero-order chi connectivity index (χ0) is 25.4. The summed E-state index contributed by atoms with van der Waals surface area (Å²) in [7, 11) is 1.18. The Balaban J connectivity index is 0.000000331. The van der Waals surface area contributed by atoms with E-state index in [2.05, 4.69) is 15.4 Å². The number of anilines is 2. The Morgan fingerprint density at radius 3 is 1.39 bits per heavy atom. The molecule has 0 saturated heterocycles. The van der Waals surface area contributed by atoms with E-state index in [1.54, 1.807) is 18.2 Å². The van der Waals surface area contributed by atoms with Crippen LogP contribution in [0.15, 0.2) is 48.5 Å². The molecule has 0 unspecified atom stereocenters. The molecule has 0 aliphatic rings. The van der Waals surface area contributed by atoms with Gasteiger partial charge in [0.25, 0.3) is 0 Å². The van der Waals surface area contributed by atoms with Crippen LogP contribution in [0.5, 0.6) is 0 Å². The Bertz CT molecular complexity index is 1020. The fourth-order valence-corrected chi connectivity index (χ4v) is 2.93. The van der Waals surface area contributed by atoms with Crippen molar-refractivity contribution in [1.29, 1.82) is 0 Å². The first kappa shape index (κ1) is 27.4. The quantitative estimate of drug-likeness (QED) is 0.462. The SMILES string of the molecule is CC(C)(C)c1ccccc1NC(=O)C(=O)O.COC(=O)C(=O)Nc1ccccc1C(C)(C)C. The summed E-state index contributed by atoms with van der Waals surface area (Å²) >= 11 is 0. The highest BCUT2D eigenvalue weighted by Crippen LogP contribution is 2.30. The normalized spacial score (nSPS) is 10.9. The Morgan fingerprint density at radius 1 is 0.697 bits per heavy atom. The van der Waals surface area contributed by atoms with E-state index in [0.29, 0.717) is 11.4 Å². The van der Waals surface area contributed by atoms with Crippen molar-refractivity contribution < 1.29 is 29.0 Å². The number of carbonyl (C=O) groups excluding carboxylic acids is 3. The van der Waals surface area contributed by atoms with E-state index in [1.807, 2.05) is 71.9 Å². The highest BCUT2D eigenvalue weighted by molar-refractivity contribution is 6.37. The molecule has 0 atom stereocenters. The number of carboxylic acids is 1. The number of methoxy groups -OCH3 is 1. The lowest BCUT2D eigenvalue weighted by Gasteiger charge is -2.22. The summed E-state index contributed by atoms with van der Waals surface area (Å²) in [5.74, 6) is -4.15. The lowest BCUT2D eigenvalue weighted by atomic mass is 9.86. The molecular formula is C25H32N2O6. The number of esters is 1. The molecule has 0 radical (unpaired) electrons. The van der Waals surface area contributed by atoms with Gasteiger partial charge in [0.2, 0.25) is 0 Å². The number of carbonyl (C=O) groups is 4. The second kappa shape index (κ2) is 11.3. The van der Waals surface area contributed by atoms with Gasteiger partial charge in [0.1, 0.15) is 0 Å². The van der Waals surface area contributed by atoms with Crippen LogP contribution in [0.25, 0.3) is 0 Å². The standard InChI is InChI=1S/C13H17NO3.C12H15NO3/c1-13(2,3)9-7-5-6-8-10(9)14-11(15)12(16)17-4;1-12(2,3)8-6-4-5-7-9(8)13-10(14)11(15)16/h5-8H,1-4H3,(H,14,15);4-7H,1-3H3,(H,13,14)(H,15,16). The Labute approximate surface area is 194 Å². The van der Waals surface area contributed by atoms with Gasteiger partial charge >= 0.3 is 23.8 Å². The molecular weight excluding hydrogens is 424 g/mol. The number of aliphatic carboxylic acids is 1. The first-order valence-electron chi connectivity index (χ1n) is 10.3. The largest absolute Gasteiger partial charge is 0.474 e. The number of hydrogen-bond acceptors (Lipinski definition) is 5. The fourth-order valence-electron chi connectivity index (χ4n) is 2.93. The molecule has 0 saturated carbocycles. The Kier molecular flexibility index (Phi) is 9.34. The minimum absolute atomic E-state index is 0.111. The van der Waals surface area contributed by atoms with E-state index in [0.717, 1.165) is 11.1 Å². The van der Waals surface area contributed by atoms with Crippen LogP contribution in [-0.4, -0.2) is 36.0 Å². The topological polar surface area (TPSA) is 122 Å². The number of benzene rings is 2. The number of para-hydroxylation sites is 2. The molecule has 0 aliphatic carbocycles. The summed E-state index contributed by atoms with van der Waals surface area (Å²) in [5.41, 5.74) is 2.79. The Hall–Kier alpha value is -3.68. The van der Waals surface area contributed by atoms with Gasteiger partial charge < -0.3 is 20.5 Å². The summed E-state index contributed by atoms with van der Waals surface area (Å²) in [6.07, 6.45) is 0. The first-order valence-corrected chi connectivity index (χ1v) is 10.3. The van der Waals surface area contributed by atoms with E-state index in [1.165, 1.54) is 7.11 Å². The van der Waals surface area contributed by atoms with Gasteiger partial charge in [0.05, 0.1) is 7.11 Å². The van der Waals surface area contributed by atoms with Crippen LogP contribution in [0, 0.1) is 0 Å². The Morgan fingerprint density at radius 2 is 1.06 bits per heavy atom. The van der Waals surface area contributed by atoms with Crippen LogP contribution >= 0.6 is 0 Å². The van der Waals surface area contributed by atoms with Crippen molar-refractivity contribution in [3.05, 3.63) is 59.7 Å². The highest BCUT2D eigenvalue weighted by Gasteiger charge is 2.21. The zero-order valence-corrected chi connectivity index (χ0v) is 20.1. The fraction of sp³-hybridized carbons (Fsp3) is 0.360. The van der Waals surface area contributed by atoms with E-state index >= 15 is 0 Å². The van der Waals surface area contributed by atoms with Crippen molar-refractivity contribution in [3.63, 3.8) is 0 Å². The molecule has 2 aromatic carbocycles. The molecule has 0 bridgehead atoms. The van der Waals surface area contributed by atoms with Gasteiger partial charge in [-0.1, -0.05) is 77.9 Å². The van der Waals surface area contributed by atoms with Crippen LogP contribution in [0.1, 0.15) is 52.7 Å². The third-order valence-corrected chi connectivity index (χ3v) is 4.53. The van der Waals surface area contributed by atoms with Crippen molar-refractivity contribution in [1.82, 2.24) is 0 Å². The molecule has 0 heterocycles. The summed E-state index contributed by atoms with van der Waals surface area (Å²) < 4.78 is 4.36. The van der Waals surface area contributed by atoms with E-state index in [9.17, 15) is 19.2 Å². The number of rotatable bonds is 2. The number of ether oxygens (including phenoxy) is 1. The third-order valence-electron chi connectivity index (χ3n) is 4.53. The van der Waals surface area contributed by atoms with E-state index < -0.39 is 23.8 Å². The van der Waals surface area contributed by atoms with Crippen molar-refractivity contribution in [3.8, 4) is 0 Å². The van der Waals surface area contributed by atoms with E-state index in [-0.39, 0.29) is 10.8 Å². The molecule has 0 spiro atoms. The molecule has 0 fully saturated rings. The van der Waals surface area contributed by atoms with Crippen LogP contribution in [0.4, 0.5) is 11.4 Å². The highest BCUT2D eigenvalue weighted by atomic mass is 16.5. The van der Waals surface area contributed by atoms with Crippen LogP contribution in [0.2, 0.25) is 0 Å². The molecule has 2 amide bonds. The van der Waals surface area contributed by atoms with Gasteiger partial charge in [0.15, 0.2) is 0 Å². The van der Waals surface area contributed by atoms with Crippen molar-refractivity contribution in [2.45, 2.75) is 52.4 Å². The van der Waals surface area contributed by atoms with Gasteiger partial charge in [-0.05, 0) is 34.1 Å². The zero-order valence-electron chi connectivity index (χ0n) is 20.1. The summed E-state index contributed by atoms with van der Waals surface area (Å²) in [6, 6.07) is 14.6. The van der Waals surface area contributed by atoms with Crippen LogP contribution < -0.4 is 10.6 Å². The van der Waals surface area contributed by atoms with Crippen LogP contribution in [-0.2, 0) is 34.7 Å². The lowest BCUT2D eigenvalue weighted by Crippen LogP contribution is -2.26. The molecule has 0 aromatic heterocycles. The average Bonchev–Trinajstić information content (AvgIpc) is 2.72. The molecule has 2 aromatic rings. The monoisotopic (exact) mass is 456 g/mol. The van der Waals surface area contributed by atoms with Crippen molar-refractivity contribution in [2.24, 2.45) is 0 Å². The molecule has 0 aliphatic heterocycles. The van der Waals surface area contributed by atoms with Crippen molar-refractivity contribution in [2.75, 3.05) is 17.7 Å². The summed E-state index contributed by atoms with van der Waals surface area (Å²) in [5, 5.41) is 13.5. The molecule has 8 nitrogen and oxygen atoms in total. The summed E-state index contributed by atoms with van der Waals surface area (Å²) in [4.78, 5) is 44.0. The second-order valence-corrected chi connectivity index (χ2v) is 9.30. The number of nitrogens with one attached hydrogen (secondary N) is 2. The number of hydrogen-bond donors (Lipinski definition) is 3. The molecule has 2 rings (SSSR count). The number of carboxylic acid groups (broad SMARTS) is 1. The first-order chi connectivity index (χ1) is 15.2. The second-order valence-electron chi connectivity index (χ2n) is 9.30. The predicted octanol–water partition coefficient (Wildman–Crippen LogP) is 4.10. The minimum atomic E-state index is -1.48. The summed E-state index contributed by atoms with van der Waals surface area (Å²) in [6.45, 7) is 12.1. The minimum Gasteiger partial charge on any atom is -0.474 e. The van der Waals surface area contributed by atoms with Gasteiger partial charge in [-0.3, -0.25) is 9.59 Å². The van der Waals surface area contributed by atoms with Gasteiger partial charge in [-0.25, -0.2) is 9.59 Å². The maximum atomic E-state index is 11.4. The van der Waals surface area contributed by atoms with Gasteiger partial charge in [-0.2, -0.15) is 0 Å². The van der Waals surface area contributed by atoms with Gasteiger partial charge in [-0.15, -0.1) is 0 Å². The smallest absolute Gasteiger partial charge is 0.396 e. The lowest BCUT2D eigenvalue weighted by molar-refractivity contribution is -0.150. The third kappa shape index (κ3) is 8.40. The molecule has 33 heavy (non-hydrogen) atoms. The maximum Gasteiger partial charge on any atom is 0.396 e. The predicted molar refractivity (Wildman–Crippen MR) is 127 cm³/mol. The van der Waals surface area contributed by atoms with Gasteiger partial charge in [0, 0.05) is 11.4 Å². The molecule has 8 heteroatoms. The maximum absolute atomic E-state index is 11.4.